The van der Waals surface area contributed by atoms with Crippen molar-refractivity contribution < 1.29 is 0 Å². The van der Waals surface area contributed by atoms with Crippen LogP contribution in [0.5, 0.6) is 0 Å². The molecule has 0 radical (unpaired) electrons. The molecule has 102 valence electrons. The summed E-state index contributed by atoms with van der Waals surface area (Å²) in [5, 5.41) is 4.58. The van der Waals surface area contributed by atoms with Gasteiger partial charge in [-0.1, -0.05) is 6.92 Å². The summed E-state index contributed by atoms with van der Waals surface area (Å²) in [4.78, 5) is 2.60. The summed E-state index contributed by atoms with van der Waals surface area (Å²) in [7, 11) is 0. The molecule has 0 aliphatic carbocycles. The molecule has 0 N–H and O–H groups in total. The highest BCUT2D eigenvalue weighted by atomic mass is 79.9. The number of aromatic nitrogens is 2. The lowest BCUT2D eigenvalue weighted by Gasteiger charge is -2.36. The van der Waals surface area contributed by atoms with E-state index < -0.39 is 0 Å². The monoisotopic (exact) mass is 313 g/mol. The van der Waals surface area contributed by atoms with Crippen molar-refractivity contribution in [1.82, 2.24) is 14.7 Å². The number of nitrogens with zero attached hydrogens (tertiary/aromatic N) is 3. The van der Waals surface area contributed by atoms with Gasteiger partial charge in [-0.05, 0) is 55.5 Å². The van der Waals surface area contributed by atoms with Crippen LogP contribution in [0.2, 0.25) is 0 Å². The molecule has 0 saturated carbocycles. The zero-order valence-electron chi connectivity index (χ0n) is 11.9. The van der Waals surface area contributed by atoms with Crippen LogP contribution < -0.4 is 0 Å². The van der Waals surface area contributed by atoms with Crippen LogP contribution in [0.3, 0.4) is 0 Å². The van der Waals surface area contributed by atoms with Gasteiger partial charge in [0.05, 0.1) is 15.9 Å². The Morgan fingerprint density at radius 3 is 2.72 bits per heavy atom. The lowest BCUT2D eigenvalue weighted by atomic mass is 9.95. The van der Waals surface area contributed by atoms with Crippen LogP contribution in [0.25, 0.3) is 0 Å². The molecule has 1 aromatic heterocycles. The third-order valence-corrected chi connectivity index (χ3v) is 5.08. The van der Waals surface area contributed by atoms with Crippen molar-refractivity contribution in [2.24, 2.45) is 5.92 Å². The topological polar surface area (TPSA) is 21.1 Å². The second-order valence-corrected chi connectivity index (χ2v) is 6.42. The van der Waals surface area contributed by atoms with E-state index in [0.29, 0.717) is 6.04 Å². The average Bonchev–Trinajstić information content (AvgIpc) is 2.61. The third kappa shape index (κ3) is 2.80. The van der Waals surface area contributed by atoms with E-state index in [2.05, 4.69) is 58.3 Å². The summed E-state index contributed by atoms with van der Waals surface area (Å²) in [5.74, 6) is 0.819. The van der Waals surface area contributed by atoms with E-state index in [0.717, 1.165) is 24.7 Å². The first-order chi connectivity index (χ1) is 8.52. The fourth-order valence-electron chi connectivity index (χ4n) is 2.81. The Hall–Kier alpha value is -0.350. The summed E-state index contributed by atoms with van der Waals surface area (Å²) >= 11 is 3.69. The van der Waals surface area contributed by atoms with Crippen molar-refractivity contribution >= 4 is 15.9 Å². The van der Waals surface area contributed by atoms with Crippen LogP contribution in [0.1, 0.15) is 45.0 Å². The second-order valence-electron chi connectivity index (χ2n) is 5.62. The van der Waals surface area contributed by atoms with E-state index in [1.54, 1.807) is 0 Å². The van der Waals surface area contributed by atoms with Gasteiger partial charge >= 0.3 is 0 Å². The van der Waals surface area contributed by atoms with Crippen LogP contribution in [-0.2, 0) is 13.1 Å². The van der Waals surface area contributed by atoms with Crippen molar-refractivity contribution in [2.45, 2.75) is 59.7 Å². The molecule has 0 spiro atoms. The lowest BCUT2D eigenvalue weighted by molar-refractivity contribution is 0.114. The standard InChI is InChI=1S/C14H24BrN3/c1-5-18-13(14(15)12(4)16-18)9-17-8-10(2)6-7-11(17)3/h10-11H,5-9H2,1-4H3. The molecule has 0 amide bonds. The number of hydrogen-bond acceptors (Lipinski definition) is 2. The highest BCUT2D eigenvalue weighted by Gasteiger charge is 2.25. The van der Waals surface area contributed by atoms with Gasteiger partial charge in [0, 0.05) is 25.7 Å². The van der Waals surface area contributed by atoms with Crippen molar-refractivity contribution in [3.05, 3.63) is 15.9 Å². The minimum atomic E-state index is 0.689. The van der Waals surface area contributed by atoms with Gasteiger partial charge in [0.1, 0.15) is 0 Å². The smallest absolute Gasteiger partial charge is 0.0739 e. The maximum Gasteiger partial charge on any atom is 0.0739 e. The maximum absolute atomic E-state index is 4.58. The minimum Gasteiger partial charge on any atom is -0.295 e. The first kappa shape index (κ1) is 14.1. The van der Waals surface area contributed by atoms with Gasteiger partial charge in [-0.2, -0.15) is 5.10 Å². The van der Waals surface area contributed by atoms with Crippen molar-refractivity contribution in [3.8, 4) is 0 Å². The Morgan fingerprint density at radius 1 is 1.33 bits per heavy atom. The summed E-state index contributed by atoms with van der Waals surface area (Å²) in [6.07, 6.45) is 2.68. The van der Waals surface area contributed by atoms with Crippen LogP contribution in [-0.4, -0.2) is 27.3 Å². The maximum atomic E-state index is 4.58. The largest absolute Gasteiger partial charge is 0.295 e. The van der Waals surface area contributed by atoms with Crippen molar-refractivity contribution in [3.63, 3.8) is 0 Å². The summed E-state index contributed by atoms with van der Waals surface area (Å²) in [6.45, 7) is 12.1. The Bertz CT molecular complexity index is 413. The number of hydrogen-bond donors (Lipinski definition) is 0. The molecule has 0 bridgehead atoms. The van der Waals surface area contributed by atoms with Gasteiger partial charge in [-0.3, -0.25) is 9.58 Å². The van der Waals surface area contributed by atoms with E-state index in [1.165, 1.54) is 29.6 Å². The van der Waals surface area contributed by atoms with Gasteiger partial charge in [0.25, 0.3) is 0 Å². The van der Waals surface area contributed by atoms with E-state index in [9.17, 15) is 0 Å². The Balaban J connectivity index is 2.17. The molecule has 1 aromatic rings. The number of halogens is 1. The number of likely N-dealkylation sites (tertiary alicyclic amines) is 1. The Labute approximate surface area is 119 Å². The summed E-state index contributed by atoms with van der Waals surface area (Å²) in [5.41, 5.74) is 2.43. The van der Waals surface area contributed by atoms with Gasteiger partial charge in [-0.15, -0.1) is 0 Å². The molecule has 1 fully saturated rings. The molecule has 2 atom stereocenters. The van der Waals surface area contributed by atoms with Crippen molar-refractivity contribution in [1.29, 1.82) is 0 Å². The number of aryl methyl sites for hydroxylation is 2. The fourth-order valence-corrected chi connectivity index (χ4v) is 3.22. The Morgan fingerprint density at radius 2 is 2.06 bits per heavy atom. The molecule has 4 heteroatoms. The molecule has 1 aliphatic rings. The molecule has 2 heterocycles. The molecule has 2 unspecified atom stereocenters. The highest BCUT2D eigenvalue weighted by Crippen LogP contribution is 2.27. The number of rotatable bonds is 3. The van der Waals surface area contributed by atoms with E-state index in [4.69, 9.17) is 0 Å². The quantitative estimate of drug-likeness (QED) is 0.850. The molecule has 1 aliphatic heterocycles. The molecule has 1 saturated heterocycles. The molecular weight excluding hydrogens is 290 g/mol. The normalized spacial score (nSPS) is 25.6. The number of piperidine rings is 1. The van der Waals surface area contributed by atoms with Gasteiger partial charge < -0.3 is 0 Å². The second kappa shape index (κ2) is 5.74. The minimum absolute atomic E-state index is 0.689. The first-order valence-corrected chi connectivity index (χ1v) is 7.78. The summed E-state index contributed by atoms with van der Waals surface area (Å²) < 4.78 is 3.32. The highest BCUT2D eigenvalue weighted by molar-refractivity contribution is 9.10. The zero-order valence-corrected chi connectivity index (χ0v) is 13.5. The Kier molecular flexibility index (Phi) is 4.49. The van der Waals surface area contributed by atoms with Gasteiger partial charge in [0.15, 0.2) is 0 Å². The lowest BCUT2D eigenvalue weighted by Crippen LogP contribution is -2.40. The van der Waals surface area contributed by atoms with Gasteiger partial charge in [-0.25, -0.2) is 0 Å². The molecular formula is C14H24BrN3. The average molecular weight is 314 g/mol. The predicted molar refractivity (Wildman–Crippen MR) is 78.6 cm³/mol. The molecule has 18 heavy (non-hydrogen) atoms. The fraction of sp³-hybridized carbons (Fsp3) is 0.786. The SMILES string of the molecule is CCn1nc(C)c(Br)c1CN1CC(C)CCC1C. The zero-order chi connectivity index (χ0) is 13.3. The molecule has 2 rings (SSSR count). The van der Waals surface area contributed by atoms with Crippen LogP contribution in [0.15, 0.2) is 4.47 Å². The van der Waals surface area contributed by atoms with E-state index >= 15 is 0 Å². The van der Waals surface area contributed by atoms with Crippen LogP contribution in [0.4, 0.5) is 0 Å². The predicted octanol–water partition coefficient (Wildman–Crippen LogP) is 3.59. The molecule has 3 nitrogen and oxygen atoms in total. The van der Waals surface area contributed by atoms with Crippen LogP contribution >= 0.6 is 15.9 Å². The first-order valence-electron chi connectivity index (χ1n) is 6.98. The van der Waals surface area contributed by atoms with Gasteiger partial charge in [0.2, 0.25) is 0 Å². The summed E-state index contributed by atoms with van der Waals surface area (Å²) in [6, 6.07) is 0.689. The van der Waals surface area contributed by atoms with E-state index in [-0.39, 0.29) is 0 Å². The van der Waals surface area contributed by atoms with Crippen molar-refractivity contribution in [2.75, 3.05) is 6.54 Å². The molecule has 0 aromatic carbocycles. The third-order valence-electron chi connectivity index (χ3n) is 4.05. The van der Waals surface area contributed by atoms with Crippen LogP contribution in [0, 0.1) is 12.8 Å². The van der Waals surface area contributed by atoms with E-state index in [1.807, 2.05) is 0 Å².